The van der Waals surface area contributed by atoms with Crippen LogP contribution < -0.4 is 5.32 Å². The van der Waals surface area contributed by atoms with Crippen LogP contribution in [0.3, 0.4) is 0 Å². The maximum atomic E-state index is 13.8. The van der Waals surface area contributed by atoms with Gasteiger partial charge >= 0.3 is 0 Å². The summed E-state index contributed by atoms with van der Waals surface area (Å²) in [5.41, 5.74) is 5.22. The lowest BCUT2D eigenvalue weighted by Gasteiger charge is -2.18. The second kappa shape index (κ2) is 9.18. The highest BCUT2D eigenvalue weighted by Crippen LogP contribution is 2.39. The fraction of sp³-hybridized carbons (Fsp3) is 0.409. The maximum absolute atomic E-state index is 13.8. The number of nitrogens with zero attached hydrogens (tertiary/aromatic N) is 4. The van der Waals surface area contributed by atoms with Crippen LogP contribution in [0.4, 0.5) is 16.0 Å². The molecular weight excluding hydrogens is 477 g/mol. The SMILES string of the molecule is C[Si](C)(C)CCOCn1nc(Br)nc1Nc1c(-c2ccnc(F)c2)ccc2c1CCC2. The molecular formula is C22H27BrFN5OSi. The van der Waals surface area contributed by atoms with E-state index in [1.54, 1.807) is 4.68 Å². The molecule has 164 valence electrons. The number of hydrogen-bond acceptors (Lipinski definition) is 5. The van der Waals surface area contributed by atoms with Crippen molar-refractivity contribution in [2.75, 3.05) is 11.9 Å². The smallest absolute Gasteiger partial charge is 0.228 e. The molecule has 0 fully saturated rings. The van der Waals surface area contributed by atoms with Gasteiger partial charge < -0.3 is 10.1 Å². The van der Waals surface area contributed by atoms with Gasteiger partial charge in [0.2, 0.25) is 16.6 Å². The number of pyridine rings is 1. The Morgan fingerprint density at radius 1 is 1.23 bits per heavy atom. The zero-order valence-electron chi connectivity index (χ0n) is 18.1. The van der Waals surface area contributed by atoms with Gasteiger partial charge in [-0.15, -0.1) is 5.10 Å². The topological polar surface area (TPSA) is 64.9 Å². The Morgan fingerprint density at radius 2 is 2.06 bits per heavy atom. The minimum atomic E-state index is -1.16. The van der Waals surface area contributed by atoms with Gasteiger partial charge in [0.15, 0.2) is 0 Å². The Bertz CT molecular complexity index is 1080. The molecule has 0 amide bonds. The number of halogens is 2. The number of ether oxygens (including phenoxy) is 1. The van der Waals surface area contributed by atoms with E-state index in [1.165, 1.54) is 23.4 Å². The normalized spacial score (nSPS) is 13.5. The van der Waals surface area contributed by atoms with Gasteiger partial charge in [-0.2, -0.15) is 9.37 Å². The number of benzene rings is 1. The molecule has 0 aliphatic heterocycles. The Morgan fingerprint density at radius 3 is 2.84 bits per heavy atom. The summed E-state index contributed by atoms with van der Waals surface area (Å²) in [7, 11) is -1.16. The van der Waals surface area contributed by atoms with Crippen molar-refractivity contribution in [3.8, 4) is 11.1 Å². The van der Waals surface area contributed by atoms with Crippen molar-refractivity contribution in [3.63, 3.8) is 0 Å². The van der Waals surface area contributed by atoms with Crippen LogP contribution in [0.15, 0.2) is 35.2 Å². The van der Waals surface area contributed by atoms with Crippen molar-refractivity contribution in [1.82, 2.24) is 19.7 Å². The van der Waals surface area contributed by atoms with Gasteiger partial charge in [0.1, 0.15) is 6.73 Å². The molecule has 1 aliphatic rings. The lowest BCUT2D eigenvalue weighted by Crippen LogP contribution is -2.22. The molecule has 9 heteroatoms. The highest BCUT2D eigenvalue weighted by Gasteiger charge is 2.21. The van der Waals surface area contributed by atoms with E-state index in [9.17, 15) is 4.39 Å². The number of aryl methyl sites for hydroxylation is 1. The Labute approximate surface area is 191 Å². The number of fused-ring (bicyclic) bond motifs is 1. The second-order valence-electron chi connectivity index (χ2n) is 9.02. The Hall–Kier alpha value is -2.10. The zero-order valence-corrected chi connectivity index (χ0v) is 20.7. The first-order valence-corrected chi connectivity index (χ1v) is 15.0. The summed E-state index contributed by atoms with van der Waals surface area (Å²) in [4.78, 5) is 8.21. The van der Waals surface area contributed by atoms with Crippen LogP contribution in [-0.2, 0) is 24.3 Å². The number of hydrogen-bond donors (Lipinski definition) is 1. The van der Waals surface area contributed by atoms with Crippen molar-refractivity contribution in [1.29, 1.82) is 0 Å². The molecule has 1 N–H and O–H groups in total. The van der Waals surface area contributed by atoms with E-state index in [2.05, 4.69) is 62.0 Å². The fourth-order valence-electron chi connectivity index (χ4n) is 3.76. The number of nitrogens with one attached hydrogen (secondary N) is 1. The number of aromatic nitrogens is 4. The van der Waals surface area contributed by atoms with Gasteiger partial charge in [-0.05, 0) is 64.0 Å². The average molecular weight is 504 g/mol. The summed E-state index contributed by atoms with van der Waals surface area (Å²) in [6.07, 6.45) is 4.62. The van der Waals surface area contributed by atoms with Crippen LogP contribution in [0.2, 0.25) is 25.7 Å². The summed E-state index contributed by atoms with van der Waals surface area (Å²) in [5.74, 6) is 0.0987. The molecule has 0 saturated heterocycles. The van der Waals surface area contributed by atoms with Crippen molar-refractivity contribution in [2.24, 2.45) is 0 Å². The van der Waals surface area contributed by atoms with Crippen molar-refractivity contribution in [2.45, 2.75) is 51.7 Å². The van der Waals surface area contributed by atoms with E-state index in [0.29, 0.717) is 24.0 Å². The Balaban J connectivity index is 1.63. The van der Waals surface area contributed by atoms with E-state index in [4.69, 9.17) is 4.74 Å². The molecule has 2 aromatic heterocycles. The monoisotopic (exact) mass is 503 g/mol. The van der Waals surface area contributed by atoms with Gasteiger partial charge in [-0.3, -0.25) is 0 Å². The average Bonchev–Trinajstić information content (AvgIpc) is 3.31. The molecule has 0 unspecified atom stereocenters. The van der Waals surface area contributed by atoms with Crippen LogP contribution in [0.1, 0.15) is 17.5 Å². The number of rotatable bonds is 8. The summed E-state index contributed by atoms with van der Waals surface area (Å²) < 4.78 is 21.9. The minimum Gasteiger partial charge on any atom is -0.359 e. The summed E-state index contributed by atoms with van der Waals surface area (Å²) in [5, 5.41) is 7.91. The molecule has 6 nitrogen and oxygen atoms in total. The first-order valence-electron chi connectivity index (χ1n) is 10.5. The largest absolute Gasteiger partial charge is 0.359 e. The summed E-state index contributed by atoms with van der Waals surface area (Å²) >= 11 is 3.38. The zero-order chi connectivity index (χ0) is 22.0. The molecule has 3 aromatic rings. The molecule has 0 radical (unpaired) electrons. The van der Waals surface area contributed by atoms with Gasteiger partial charge in [0, 0.05) is 32.5 Å². The van der Waals surface area contributed by atoms with Crippen LogP contribution in [0, 0.1) is 5.95 Å². The quantitative estimate of drug-likeness (QED) is 0.239. The van der Waals surface area contributed by atoms with Gasteiger partial charge in [0.25, 0.3) is 0 Å². The maximum Gasteiger partial charge on any atom is 0.228 e. The van der Waals surface area contributed by atoms with Gasteiger partial charge in [-0.25, -0.2) is 9.67 Å². The fourth-order valence-corrected chi connectivity index (χ4v) is 4.87. The van der Waals surface area contributed by atoms with E-state index >= 15 is 0 Å². The van der Waals surface area contributed by atoms with E-state index in [1.807, 2.05) is 12.1 Å². The van der Waals surface area contributed by atoms with Crippen LogP contribution in [0.25, 0.3) is 11.1 Å². The van der Waals surface area contributed by atoms with E-state index in [-0.39, 0.29) is 0 Å². The third-order valence-corrected chi connectivity index (χ3v) is 7.45. The van der Waals surface area contributed by atoms with Gasteiger partial charge in [-0.1, -0.05) is 31.8 Å². The molecule has 2 heterocycles. The minimum absolute atomic E-state index is 0.319. The third kappa shape index (κ3) is 5.39. The van der Waals surface area contributed by atoms with Crippen molar-refractivity contribution < 1.29 is 9.13 Å². The standard InChI is InChI=1S/C22H27BrFN5OSi/c1-31(2,3)12-11-30-14-29-22(27-21(23)28-29)26-20-17-6-4-5-15(17)7-8-18(20)16-9-10-25-19(24)13-16/h7-10,13H,4-6,11-12,14H2,1-3H3,(H,26,27,28). The van der Waals surface area contributed by atoms with Crippen LogP contribution in [-0.4, -0.2) is 34.4 Å². The molecule has 0 bridgehead atoms. The van der Waals surface area contributed by atoms with Crippen LogP contribution >= 0.6 is 15.9 Å². The molecule has 0 spiro atoms. The predicted molar refractivity (Wildman–Crippen MR) is 127 cm³/mol. The lowest BCUT2D eigenvalue weighted by molar-refractivity contribution is 0.0798. The molecule has 0 atom stereocenters. The molecule has 1 aromatic carbocycles. The molecule has 1 aliphatic carbocycles. The molecule has 31 heavy (non-hydrogen) atoms. The highest BCUT2D eigenvalue weighted by molar-refractivity contribution is 9.10. The highest BCUT2D eigenvalue weighted by atomic mass is 79.9. The predicted octanol–water partition coefficient (Wildman–Crippen LogP) is 5.79. The van der Waals surface area contributed by atoms with Crippen LogP contribution in [0.5, 0.6) is 0 Å². The van der Waals surface area contributed by atoms with E-state index < -0.39 is 14.0 Å². The third-order valence-electron chi connectivity index (χ3n) is 5.41. The summed E-state index contributed by atoms with van der Waals surface area (Å²) in [6.45, 7) is 8.01. The molecule has 4 rings (SSSR count). The second-order valence-corrected chi connectivity index (χ2v) is 15.4. The van der Waals surface area contributed by atoms with Gasteiger partial charge in [0.05, 0.1) is 5.69 Å². The molecule has 0 saturated carbocycles. The Kier molecular flexibility index (Phi) is 6.54. The number of anilines is 2. The first-order chi connectivity index (χ1) is 14.8. The summed E-state index contributed by atoms with van der Waals surface area (Å²) in [6, 6.07) is 8.56. The lowest BCUT2D eigenvalue weighted by atomic mass is 9.98. The first kappa shape index (κ1) is 22.1. The van der Waals surface area contributed by atoms with E-state index in [0.717, 1.165) is 42.1 Å². The van der Waals surface area contributed by atoms with Crippen molar-refractivity contribution >= 4 is 35.6 Å². The van der Waals surface area contributed by atoms with Crippen molar-refractivity contribution in [3.05, 3.63) is 52.3 Å².